The number of aliphatic carboxylic acids is 1. The summed E-state index contributed by atoms with van der Waals surface area (Å²) in [4.78, 5) is 23.4. The van der Waals surface area contributed by atoms with Crippen LogP contribution in [-0.2, 0) is 14.3 Å². The van der Waals surface area contributed by atoms with Gasteiger partial charge < -0.3 is 9.84 Å². The van der Waals surface area contributed by atoms with Crippen LogP contribution in [0.25, 0.3) is 0 Å². The lowest BCUT2D eigenvalue weighted by Crippen LogP contribution is -2.18. The summed E-state index contributed by atoms with van der Waals surface area (Å²) < 4.78 is 5.96. The van der Waals surface area contributed by atoms with E-state index in [1.165, 1.54) is 167 Å². The fraction of sp³-hybridized carbons (Fsp3) is 0.951. The standard InChI is InChI=1S/C41H80O4/c1-3-5-7-9-11-13-15-17-19-20-22-24-26-28-31-35-39(36-32-30-33-37-40(42)43)45-41(44)38-34-29-27-25-23-21-18-16-14-12-10-8-6-4-2/h39H,3-38H2,1-2H3,(H,42,43). The molecule has 4 nitrogen and oxygen atoms in total. The Balaban J connectivity index is 3.88. The largest absolute Gasteiger partial charge is 0.481 e. The van der Waals surface area contributed by atoms with E-state index in [0.29, 0.717) is 12.8 Å². The molecule has 0 rings (SSSR count). The molecule has 0 radical (unpaired) electrons. The van der Waals surface area contributed by atoms with Crippen molar-refractivity contribution in [1.82, 2.24) is 0 Å². The minimum atomic E-state index is -0.719. The van der Waals surface area contributed by atoms with Crippen LogP contribution in [0.5, 0.6) is 0 Å². The number of ether oxygens (including phenoxy) is 1. The second kappa shape index (κ2) is 37.4. The first-order valence-corrected chi connectivity index (χ1v) is 20.5. The van der Waals surface area contributed by atoms with Crippen LogP contribution < -0.4 is 0 Å². The zero-order valence-corrected chi connectivity index (χ0v) is 30.7. The molecule has 1 atom stereocenters. The summed E-state index contributed by atoms with van der Waals surface area (Å²) in [5.74, 6) is -0.741. The van der Waals surface area contributed by atoms with Crippen molar-refractivity contribution in [3.63, 3.8) is 0 Å². The molecule has 0 aromatic heterocycles. The number of hydrogen-bond donors (Lipinski definition) is 1. The van der Waals surface area contributed by atoms with Gasteiger partial charge in [0.25, 0.3) is 0 Å². The van der Waals surface area contributed by atoms with E-state index in [1.54, 1.807) is 0 Å². The van der Waals surface area contributed by atoms with Crippen LogP contribution in [0.15, 0.2) is 0 Å². The van der Waals surface area contributed by atoms with Crippen molar-refractivity contribution in [2.75, 3.05) is 0 Å². The van der Waals surface area contributed by atoms with Gasteiger partial charge in [-0.1, -0.05) is 194 Å². The number of carboxylic acid groups (broad SMARTS) is 1. The Bertz CT molecular complexity index is 604. The fourth-order valence-electron chi connectivity index (χ4n) is 6.54. The lowest BCUT2D eigenvalue weighted by molar-refractivity contribution is -0.150. The van der Waals surface area contributed by atoms with Crippen molar-refractivity contribution in [3.05, 3.63) is 0 Å². The molecule has 0 saturated carbocycles. The molecule has 0 spiro atoms. The van der Waals surface area contributed by atoms with E-state index < -0.39 is 5.97 Å². The summed E-state index contributed by atoms with van der Waals surface area (Å²) >= 11 is 0. The average molecular weight is 637 g/mol. The average Bonchev–Trinajstić information content (AvgIpc) is 3.02. The van der Waals surface area contributed by atoms with E-state index in [2.05, 4.69) is 13.8 Å². The molecule has 0 aliphatic carbocycles. The summed E-state index contributed by atoms with van der Waals surface area (Å²) in [5.41, 5.74) is 0. The van der Waals surface area contributed by atoms with E-state index >= 15 is 0 Å². The van der Waals surface area contributed by atoms with Crippen molar-refractivity contribution in [2.45, 2.75) is 251 Å². The highest BCUT2D eigenvalue weighted by atomic mass is 16.5. The lowest BCUT2D eigenvalue weighted by atomic mass is 10.0. The van der Waals surface area contributed by atoms with Crippen molar-refractivity contribution >= 4 is 11.9 Å². The molecule has 0 aliphatic heterocycles. The van der Waals surface area contributed by atoms with Crippen molar-refractivity contribution in [3.8, 4) is 0 Å². The van der Waals surface area contributed by atoms with Crippen molar-refractivity contribution in [2.24, 2.45) is 0 Å². The number of esters is 1. The Hall–Kier alpha value is -1.06. The van der Waals surface area contributed by atoms with Crippen LogP contribution in [0.2, 0.25) is 0 Å². The third-order valence-electron chi connectivity index (χ3n) is 9.58. The fourth-order valence-corrected chi connectivity index (χ4v) is 6.54. The Labute approximate surface area is 282 Å². The summed E-state index contributed by atoms with van der Waals surface area (Å²) in [5, 5.41) is 8.90. The molecule has 4 heteroatoms. The van der Waals surface area contributed by atoms with Crippen molar-refractivity contribution < 1.29 is 19.4 Å². The topological polar surface area (TPSA) is 63.6 Å². The van der Waals surface area contributed by atoms with Gasteiger partial charge in [0.2, 0.25) is 0 Å². The molecule has 0 aromatic carbocycles. The summed E-state index contributed by atoms with van der Waals surface area (Å²) in [6, 6.07) is 0. The molecule has 0 bridgehead atoms. The molecule has 0 heterocycles. The maximum Gasteiger partial charge on any atom is 0.306 e. The first kappa shape index (κ1) is 43.9. The number of carboxylic acids is 1. The smallest absolute Gasteiger partial charge is 0.306 e. The monoisotopic (exact) mass is 637 g/mol. The quantitative estimate of drug-likeness (QED) is 0.0541. The molecule has 0 aromatic rings. The first-order chi connectivity index (χ1) is 22.1. The Kier molecular flexibility index (Phi) is 36.5. The third kappa shape index (κ3) is 37.3. The van der Waals surface area contributed by atoms with E-state index in [0.717, 1.165) is 44.9 Å². The van der Waals surface area contributed by atoms with Gasteiger partial charge in [-0.15, -0.1) is 0 Å². The van der Waals surface area contributed by atoms with Crippen molar-refractivity contribution in [1.29, 1.82) is 0 Å². The van der Waals surface area contributed by atoms with E-state index in [9.17, 15) is 9.59 Å². The van der Waals surface area contributed by atoms with Crippen LogP contribution in [-0.4, -0.2) is 23.1 Å². The highest BCUT2D eigenvalue weighted by molar-refractivity contribution is 5.69. The lowest BCUT2D eigenvalue weighted by Gasteiger charge is -2.18. The van der Waals surface area contributed by atoms with E-state index in [1.807, 2.05) is 0 Å². The Morgan fingerprint density at radius 3 is 1.00 bits per heavy atom. The molecular formula is C41H80O4. The van der Waals surface area contributed by atoms with Crippen LogP contribution in [0.1, 0.15) is 245 Å². The predicted octanol–water partition coefficient (Wildman–Crippen LogP) is 14.1. The first-order valence-electron chi connectivity index (χ1n) is 20.5. The third-order valence-corrected chi connectivity index (χ3v) is 9.58. The molecule has 268 valence electrons. The predicted molar refractivity (Wildman–Crippen MR) is 195 cm³/mol. The molecule has 1 unspecified atom stereocenters. The summed E-state index contributed by atoms with van der Waals surface area (Å²) in [7, 11) is 0. The van der Waals surface area contributed by atoms with Crippen LogP contribution >= 0.6 is 0 Å². The van der Waals surface area contributed by atoms with Gasteiger partial charge in [0.15, 0.2) is 0 Å². The van der Waals surface area contributed by atoms with Crippen LogP contribution in [0.4, 0.5) is 0 Å². The Morgan fingerprint density at radius 2 is 0.667 bits per heavy atom. The van der Waals surface area contributed by atoms with Gasteiger partial charge in [0.05, 0.1) is 0 Å². The maximum atomic E-state index is 12.6. The second-order valence-electron chi connectivity index (χ2n) is 14.2. The number of hydrogen-bond acceptors (Lipinski definition) is 3. The van der Waals surface area contributed by atoms with Gasteiger partial charge in [-0.25, -0.2) is 0 Å². The second-order valence-corrected chi connectivity index (χ2v) is 14.2. The molecule has 0 saturated heterocycles. The molecule has 0 aliphatic rings. The maximum absolute atomic E-state index is 12.6. The van der Waals surface area contributed by atoms with Gasteiger partial charge in [-0.2, -0.15) is 0 Å². The highest BCUT2D eigenvalue weighted by Crippen LogP contribution is 2.19. The van der Waals surface area contributed by atoms with Gasteiger partial charge in [0.1, 0.15) is 6.10 Å². The molecule has 0 fully saturated rings. The van der Waals surface area contributed by atoms with Gasteiger partial charge in [0, 0.05) is 12.8 Å². The summed E-state index contributed by atoms with van der Waals surface area (Å²) in [6.07, 6.45) is 44.1. The molecule has 0 amide bonds. The molecule has 1 N–H and O–H groups in total. The Morgan fingerprint density at radius 1 is 0.400 bits per heavy atom. The highest BCUT2D eigenvalue weighted by Gasteiger charge is 2.14. The zero-order chi connectivity index (χ0) is 32.9. The van der Waals surface area contributed by atoms with E-state index in [-0.39, 0.29) is 18.5 Å². The van der Waals surface area contributed by atoms with Gasteiger partial charge in [-0.3, -0.25) is 9.59 Å². The van der Waals surface area contributed by atoms with E-state index in [4.69, 9.17) is 9.84 Å². The summed E-state index contributed by atoms with van der Waals surface area (Å²) in [6.45, 7) is 4.56. The molecular weight excluding hydrogens is 556 g/mol. The zero-order valence-electron chi connectivity index (χ0n) is 30.7. The van der Waals surface area contributed by atoms with Gasteiger partial charge in [-0.05, 0) is 38.5 Å². The van der Waals surface area contributed by atoms with Crippen LogP contribution in [0, 0.1) is 0 Å². The minimum Gasteiger partial charge on any atom is -0.481 e. The molecule has 45 heavy (non-hydrogen) atoms. The van der Waals surface area contributed by atoms with Crippen LogP contribution in [0.3, 0.4) is 0 Å². The SMILES string of the molecule is CCCCCCCCCCCCCCCCCC(CCCCCC(=O)O)OC(=O)CCCCCCCCCCCCCCCC. The number of rotatable bonds is 38. The normalized spacial score (nSPS) is 12.0. The number of carbonyl (C=O) groups excluding carboxylic acids is 1. The minimum absolute atomic E-state index is 0.0101. The number of unbranched alkanes of at least 4 members (excludes halogenated alkanes) is 29. The number of carbonyl (C=O) groups is 2. The van der Waals surface area contributed by atoms with Gasteiger partial charge >= 0.3 is 11.9 Å².